The number of aryl methyl sites for hydroxylation is 1. The van der Waals surface area contributed by atoms with E-state index in [1.807, 2.05) is 24.4 Å². The van der Waals surface area contributed by atoms with Crippen molar-refractivity contribution in [2.24, 2.45) is 0 Å². The molecule has 1 amide bonds. The number of nitrogens with zero attached hydrogens (tertiary/aromatic N) is 1. The first-order valence-corrected chi connectivity index (χ1v) is 9.43. The number of aromatic nitrogens is 1. The number of carbonyl (C=O) groups excluding carboxylic acids is 1. The topological polar surface area (TPSA) is 51.2 Å². The Morgan fingerprint density at radius 2 is 2.12 bits per heavy atom. The number of hydrogen-bond acceptors (Lipinski definition) is 5. The first-order valence-electron chi connectivity index (χ1n) is 7.73. The SMILES string of the molecule is Cc1nc(-c2cccs2)sc1CNC(=O)[C@@H](C)Oc1ccccc1F. The predicted octanol–water partition coefficient (Wildman–Crippen LogP) is 4.40. The fourth-order valence-electron chi connectivity index (χ4n) is 2.19. The number of benzene rings is 1. The number of nitrogens with one attached hydrogen (secondary N) is 1. The van der Waals surface area contributed by atoms with Gasteiger partial charge in [-0.15, -0.1) is 22.7 Å². The lowest BCUT2D eigenvalue weighted by Crippen LogP contribution is -2.36. The minimum atomic E-state index is -0.790. The van der Waals surface area contributed by atoms with Crippen LogP contribution in [0, 0.1) is 12.7 Å². The molecule has 2 heterocycles. The molecule has 2 aromatic heterocycles. The molecule has 25 heavy (non-hydrogen) atoms. The Morgan fingerprint density at radius 1 is 1.32 bits per heavy atom. The fraction of sp³-hybridized carbons (Fsp3) is 0.222. The summed E-state index contributed by atoms with van der Waals surface area (Å²) in [5, 5.41) is 5.79. The predicted molar refractivity (Wildman–Crippen MR) is 98.5 cm³/mol. The van der Waals surface area contributed by atoms with E-state index in [4.69, 9.17) is 4.74 Å². The average molecular weight is 376 g/mol. The number of carbonyl (C=O) groups is 1. The molecule has 7 heteroatoms. The first kappa shape index (κ1) is 17.6. The van der Waals surface area contributed by atoms with Crippen LogP contribution in [0.2, 0.25) is 0 Å². The standard InChI is InChI=1S/C18H17FN2O2S2/c1-11-16(25-18(21-11)15-8-5-9-24-15)10-20-17(22)12(2)23-14-7-4-3-6-13(14)19/h3-9,12H,10H2,1-2H3,(H,20,22)/t12-/m1/s1. The molecule has 0 spiro atoms. The van der Waals surface area contributed by atoms with E-state index in [0.717, 1.165) is 20.5 Å². The van der Waals surface area contributed by atoms with Crippen molar-refractivity contribution in [3.63, 3.8) is 0 Å². The Hall–Kier alpha value is -2.25. The quantitative estimate of drug-likeness (QED) is 0.694. The van der Waals surface area contributed by atoms with Crippen LogP contribution in [0.15, 0.2) is 41.8 Å². The summed E-state index contributed by atoms with van der Waals surface area (Å²) in [4.78, 5) is 18.9. The second kappa shape index (κ2) is 7.76. The molecule has 0 radical (unpaired) electrons. The highest BCUT2D eigenvalue weighted by Gasteiger charge is 2.17. The van der Waals surface area contributed by atoms with Crippen LogP contribution < -0.4 is 10.1 Å². The maximum absolute atomic E-state index is 13.6. The maximum atomic E-state index is 13.6. The lowest BCUT2D eigenvalue weighted by molar-refractivity contribution is -0.127. The van der Waals surface area contributed by atoms with Crippen LogP contribution in [0.1, 0.15) is 17.5 Å². The molecule has 0 saturated carbocycles. The lowest BCUT2D eigenvalue weighted by atomic mass is 10.3. The zero-order chi connectivity index (χ0) is 17.8. The van der Waals surface area contributed by atoms with Crippen LogP contribution in [0.4, 0.5) is 4.39 Å². The number of thiophene rings is 1. The Kier molecular flexibility index (Phi) is 5.45. The summed E-state index contributed by atoms with van der Waals surface area (Å²) < 4.78 is 19.0. The Morgan fingerprint density at radius 3 is 2.84 bits per heavy atom. The van der Waals surface area contributed by atoms with E-state index in [2.05, 4.69) is 10.3 Å². The van der Waals surface area contributed by atoms with Crippen LogP contribution in [0.3, 0.4) is 0 Å². The van der Waals surface area contributed by atoms with Crippen molar-refractivity contribution in [1.82, 2.24) is 10.3 Å². The Balaban J connectivity index is 1.60. The van der Waals surface area contributed by atoms with Gasteiger partial charge in [-0.3, -0.25) is 4.79 Å². The van der Waals surface area contributed by atoms with E-state index in [1.165, 1.54) is 12.1 Å². The van der Waals surface area contributed by atoms with Crippen molar-refractivity contribution < 1.29 is 13.9 Å². The molecule has 3 rings (SSSR count). The summed E-state index contributed by atoms with van der Waals surface area (Å²) in [5.41, 5.74) is 0.899. The number of amides is 1. The summed E-state index contributed by atoms with van der Waals surface area (Å²) in [6.45, 7) is 3.89. The van der Waals surface area contributed by atoms with Crippen molar-refractivity contribution in [1.29, 1.82) is 0 Å². The van der Waals surface area contributed by atoms with E-state index in [0.29, 0.717) is 6.54 Å². The number of ether oxygens (including phenoxy) is 1. The van der Waals surface area contributed by atoms with Gasteiger partial charge in [-0.05, 0) is 37.4 Å². The minimum absolute atomic E-state index is 0.0686. The van der Waals surface area contributed by atoms with Gasteiger partial charge in [0.1, 0.15) is 5.01 Å². The van der Waals surface area contributed by atoms with Crippen molar-refractivity contribution in [3.8, 4) is 15.6 Å². The monoisotopic (exact) mass is 376 g/mol. The number of para-hydroxylation sites is 1. The van der Waals surface area contributed by atoms with Crippen LogP contribution in [-0.2, 0) is 11.3 Å². The third kappa shape index (κ3) is 4.24. The van der Waals surface area contributed by atoms with Crippen LogP contribution in [0.5, 0.6) is 5.75 Å². The molecule has 0 saturated heterocycles. The second-order valence-electron chi connectivity index (χ2n) is 5.41. The van der Waals surface area contributed by atoms with Crippen LogP contribution in [-0.4, -0.2) is 17.0 Å². The van der Waals surface area contributed by atoms with Gasteiger partial charge in [0, 0.05) is 4.88 Å². The van der Waals surface area contributed by atoms with Gasteiger partial charge in [0.25, 0.3) is 5.91 Å². The number of halogens is 1. The van der Waals surface area contributed by atoms with Crippen molar-refractivity contribution in [2.75, 3.05) is 0 Å². The van der Waals surface area contributed by atoms with Crippen LogP contribution in [0.25, 0.3) is 9.88 Å². The first-order chi connectivity index (χ1) is 12.0. The third-order valence-corrected chi connectivity index (χ3v) is 5.75. The van der Waals surface area contributed by atoms with Gasteiger partial charge in [0.2, 0.25) is 0 Å². The number of rotatable bonds is 6. The molecule has 0 unspecified atom stereocenters. The third-order valence-electron chi connectivity index (χ3n) is 3.56. The molecule has 130 valence electrons. The molecular weight excluding hydrogens is 359 g/mol. The summed E-state index contributed by atoms with van der Waals surface area (Å²) in [6.07, 6.45) is -0.790. The molecule has 1 N–H and O–H groups in total. The summed E-state index contributed by atoms with van der Waals surface area (Å²) >= 11 is 3.20. The highest BCUT2D eigenvalue weighted by Crippen LogP contribution is 2.31. The molecular formula is C18H17FN2O2S2. The van der Waals surface area contributed by atoms with Gasteiger partial charge >= 0.3 is 0 Å². The zero-order valence-corrected chi connectivity index (χ0v) is 15.4. The molecule has 0 fully saturated rings. The lowest BCUT2D eigenvalue weighted by Gasteiger charge is -2.14. The van der Waals surface area contributed by atoms with E-state index < -0.39 is 11.9 Å². The van der Waals surface area contributed by atoms with Gasteiger partial charge < -0.3 is 10.1 Å². The highest BCUT2D eigenvalue weighted by molar-refractivity contribution is 7.21. The van der Waals surface area contributed by atoms with E-state index in [9.17, 15) is 9.18 Å². The van der Waals surface area contributed by atoms with E-state index >= 15 is 0 Å². The number of hydrogen-bond donors (Lipinski definition) is 1. The zero-order valence-electron chi connectivity index (χ0n) is 13.8. The van der Waals surface area contributed by atoms with Crippen molar-refractivity contribution >= 4 is 28.6 Å². The molecule has 0 bridgehead atoms. The van der Waals surface area contributed by atoms with Gasteiger partial charge in [0.15, 0.2) is 17.7 Å². The fourth-order valence-corrected chi connectivity index (χ4v) is 3.99. The molecule has 0 aliphatic carbocycles. The van der Waals surface area contributed by atoms with Gasteiger partial charge in [0.05, 0.1) is 17.1 Å². The van der Waals surface area contributed by atoms with Gasteiger partial charge in [-0.25, -0.2) is 9.37 Å². The molecule has 1 aromatic carbocycles. The maximum Gasteiger partial charge on any atom is 0.261 e. The van der Waals surface area contributed by atoms with Crippen LogP contribution >= 0.6 is 22.7 Å². The van der Waals surface area contributed by atoms with E-state index in [-0.39, 0.29) is 11.7 Å². The molecule has 3 aromatic rings. The Labute approximate surface area is 153 Å². The van der Waals surface area contributed by atoms with Crippen molar-refractivity contribution in [2.45, 2.75) is 26.5 Å². The second-order valence-corrected chi connectivity index (χ2v) is 7.44. The largest absolute Gasteiger partial charge is 0.478 e. The summed E-state index contributed by atoms with van der Waals surface area (Å²) in [5.74, 6) is -0.714. The summed E-state index contributed by atoms with van der Waals surface area (Å²) in [7, 11) is 0. The Bertz CT molecular complexity index is 862. The average Bonchev–Trinajstić information content (AvgIpc) is 3.24. The highest BCUT2D eigenvalue weighted by atomic mass is 32.1. The molecule has 0 aliphatic heterocycles. The van der Waals surface area contributed by atoms with E-state index in [1.54, 1.807) is 41.7 Å². The summed E-state index contributed by atoms with van der Waals surface area (Å²) in [6, 6.07) is 10.0. The molecule has 4 nitrogen and oxygen atoms in total. The number of thiazole rings is 1. The normalized spacial score (nSPS) is 12.0. The minimum Gasteiger partial charge on any atom is -0.478 e. The van der Waals surface area contributed by atoms with Gasteiger partial charge in [-0.2, -0.15) is 0 Å². The molecule has 1 atom stereocenters. The van der Waals surface area contributed by atoms with Gasteiger partial charge in [-0.1, -0.05) is 18.2 Å². The smallest absolute Gasteiger partial charge is 0.261 e. The molecule has 0 aliphatic rings. The van der Waals surface area contributed by atoms with Crippen molar-refractivity contribution in [3.05, 3.63) is 58.2 Å².